The van der Waals surface area contributed by atoms with Crippen LogP contribution in [0.4, 0.5) is 18.9 Å². The van der Waals surface area contributed by atoms with E-state index in [0.29, 0.717) is 44.6 Å². The Kier molecular flexibility index (Phi) is 8.42. The number of rotatable bonds is 2. The average molecular weight is 608 g/mol. The molecule has 0 fully saturated rings. The third-order valence-electron chi connectivity index (χ3n) is 6.51. The summed E-state index contributed by atoms with van der Waals surface area (Å²) in [4.78, 5) is -2.36. The van der Waals surface area contributed by atoms with Crippen LogP contribution < -0.4 is 5.19 Å². The summed E-state index contributed by atoms with van der Waals surface area (Å²) in [6.07, 6.45) is -1.96. The van der Waals surface area contributed by atoms with Gasteiger partial charge in [-0.3, -0.25) is 0 Å². The molecule has 3 aliphatic rings. The van der Waals surface area contributed by atoms with Crippen LogP contribution in [0.5, 0.6) is 0 Å². The van der Waals surface area contributed by atoms with Gasteiger partial charge in [0, 0.05) is 13.8 Å². The van der Waals surface area contributed by atoms with Crippen LogP contribution in [0.3, 0.4) is 0 Å². The molecule has 3 aromatic carbocycles. The van der Waals surface area contributed by atoms with E-state index < -0.39 is 19.4 Å². The van der Waals surface area contributed by atoms with Crippen molar-refractivity contribution >= 4 is 42.4 Å². The molecule has 42 heavy (non-hydrogen) atoms. The Morgan fingerprint density at radius 3 is 1.98 bits per heavy atom. The van der Waals surface area contributed by atoms with E-state index in [2.05, 4.69) is 0 Å². The van der Waals surface area contributed by atoms with E-state index in [-0.39, 0.29) is 5.76 Å². The summed E-state index contributed by atoms with van der Waals surface area (Å²) in [5, 5.41) is 15.1. The first-order valence-electron chi connectivity index (χ1n) is 12.9. The molecule has 6 nitrogen and oxygen atoms in total. The Bertz CT molecular complexity index is 1650. The van der Waals surface area contributed by atoms with E-state index >= 15 is 13.2 Å². The molecular weight excluding hydrogens is 580 g/mol. The van der Waals surface area contributed by atoms with Crippen molar-refractivity contribution in [2.24, 2.45) is 0 Å². The van der Waals surface area contributed by atoms with Gasteiger partial charge in [0.1, 0.15) is 0 Å². The number of nitrogens with zero attached hydrogens (tertiary/aromatic N) is 3. The van der Waals surface area contributed by atoms with Gasteiger partial charge in [-0.2, -0.15) is 10.5 Å². The van der Waals surface area contributed by atoms with Crippen molar-refractivity contribution in [1.82, 2.24) is 0 Å². The number of para-hydroxylation sites is 1. The van der Waals surface area contributed by atoms with Crippen molar-refractivity contribution in [3.8, 4) is 12.1 Å². The van der Waals surface area contributed by atoms with Crippen LogP contribution in [0.2, 0.25) is 0 Å². The van der Waals surface area contributed by atoms with Crippen molar-refractivity contribution < 1.29 is 30.7 Å². The van der Waals surface area contributed by atoms with Crippen molar-refractivity contribution in [2.45, 2.75) is 43.7 Å². The van der Waals surface area contributed by atoms with Crippen molar-refractivity contribution in [2.75, 3.05) is 0 Å². The van der Waals surface area contributed by atoms with Gasteiger partial charge < -0.3 is 0 Å². The molecule has 0 aromatic heterocycles. The summed E-state index contributed by atoms with van der Waals surface area (Å²) in [7, 11) is -5.41. The SMILES string of the molecule is CC#N.CC#N.CC1=CC(C)=[N+]2c3ccccc3S[C@]3(C(F)(F)F)C=C(c4ccccc4)O[Si-]2(c2ccccc2)(O1)O3. The molecule has 0 aliphatic carbocycles. The second-order valence-electron chi connectivity index (χ2n) is 9.40. The molecule has 6 rings (SSSR count). The molecule has 0 saturated carbocycles. The molecule has 1 spiro atoms. The van der Waals surface area contributed by atoms with Gasteiger partial charge in [0.2, 0.25) is 0 Å². The average Bonchev–Trinajstić information content (AvgIpc) is 3.03. The third kappa shape index (κ3) is 5.00. The van der Waals surface area contributed by atoms with E-state index in [1.807, 2.05) is 6.92 Å². The molecule has 216 valence electrons. The quantitative estimate of drug-likeness (QED) is 0.280. The third-order valence-corrected chi connectivity index (χ3v) is 12.6. The monoisotopic (exact) mass is 607 g/mol. The first-order valence-corrected chi connectivity index (χ1v) is 15.9. The zero-order chi connectivity index (χ0) is 30.6. The summed E-state index contributed by atoms with van der Waals surface area (Å²) in [6, 6.07) is 28.0. The Labute approximate surface area is 247 Å². The molecule has 11 heteroatoms. The number of benzene rings is 3. The predicted molar refractivity (Wildman–Crippen MR) is 158 cm³/mol. The van der Waals surface area contributed by atoms with Crippen LogP contribution in [0.25, 0.3) is 5.76 Å². The molecule has 1 atom stereocenters. The summed E-state index contributed by atoms with van der Waals surface area (Å²) in [5.74, 6) is 0.472. The van der Waals surface area contributed by atoms with E-state index in [1.165, 1.54) is 13.8 Å². The van der Waals surface area contributed by atoms with E-state index in [1.54, 1.807) is 114 Å². The molecule has 0 saturated heterocycles. The van der Waals surface area contributed by atoms with Crippen LogP contribution in [-0.2, 0) is 13.3 Å². The fraction of sp³-hybridized carbons (Fsp3) is 0.194. The Morgan fingerprint density at radius 1 is 0.833 bits per heavy atom. The van der Waals surface area contributed by atoms with Crippen LogP contribution in [0, 0.1) is 22.7 Å². The number of hydrogen-bond acceptors (Lipinski definition) is 6. The first-order chi connectivity index (χ1) is 20.0. The molecule has 0 radical (unpaired) electrons. The fourth-order valence-corrected chi connectivity index (χ4v) is 11.8. The number of allylic oxidation sites excluding steroid dienone is 2. The first kappa shape index (κ1) is 30.7. The molecule has 3 heterocycles. The van der Waals surface area contributed by atoms with Crippen LogP contribution in [0.1, 0.15) is 33.3 Å². The number of halogens is 3. The van der Waals surface area contributed by atoms with Gasteiger partial charge in [-0.15, -0.1) is 0 Å². The standard InChI is InChI=1S/C27H22F3NO3SSi.2C2H3N/c1-19-17-20(2)32-36(22-13-7-4-8-14-22)31(19)23-15-9-10-16-25(23)35-26(34-36,27(28,29)30)18-24(33-36)21-11-5-3-6-12-21;2*1-2-3/h3-18H,1-2H3;2*1H3/t26-;;/m0../s1. The van der Waals surface area contributed by atoms with Gasteiger partial charge in [-0.05, 0) is 0 Å². The second kappa shape index (κ2) is 11.5. The number of alkyl halides is 3. The maximum absolute atomic E-state index is 15.3. The Balaban J connectivity index is 0.000000624. The summed E-state index contributed by atoms with van der Waals surface area (Å²) in [6.45, 7) is 6.41. The summed E-state index contributed by atoms with van der Waals surface area (Å²) in [5.41, 5.74) is 1.70. The van der Waals surface area contributed by atoms with Gasteiger partial charge >= 0.3 is 211 Å². The van der Waals surface area contributed by atoms with Gasteiger partial charge in [0.15, 0.2) is 0 Å². The summed E-state index contributed by atoms with van der Waals surface area (Å²) >= 11 is 0.619. The molecular formula is C31H28F3N3O3SSi. The second-order valence-corrected chi connectivity index (χ2v) is 14.2. The van der Waals surface area contributed by atoms with Crippen molar-refractivity contribution in [1.29, 1.82) is 10.5 Å². The summed E-state index contributed by atoms with van der Waals surface area (Å²) < 4.78 is 67.5. The van der Waals surface area contributed by atoms with Gasteiger partial charge in [0.05, 0.1) is 12.1 Å². The minimum atomic E-state index is -5.41. The van der Waals surface area contributed by atoms with Crippen molar-refractivity contribution in [3.05, 3.63) is 108 Å². The minimum absolute atomic E-state index is 0.0594. The maximum atomic E-state index is 15.3. The Morgan fingerprint density at radius 2 is 1.38 bits per heavy atom. The molecule has 2 bridgehead atoms. The number of nitriles is 2. The molecule has 0 unspecified atom stereocenters. The van der Waals surface area contributed by atoms with E-state index in [0.717, 1.165) is 6.08 Å². The van der Waals surface area contributed by atoms with Crippen LogP contribution >= 0.6 is 11.8 Å². The van der Waals surface area contributed by atoms with Crippen LogP contribution in [0.15, 0.2) is 108 Å². The van der Waals surface area contributed by atoms with Gasteiger partial charge in [-0.25, -0.2) is 0 Å². The molecule has 3 aromatic rings. The molecule has 3 aliphatic heterocycles. The van der Waals surface area contributed by atoms with Crippen molar-refractivity contribution in [3.63, 3.8) is 0 Å². The molecule has 0 N–H and O–H groups in total. The number of fused-ring (bicyclic) bond motifs is 3. The fourth-order valence-electron chi connectivity index (χ4n) is 5.17. The van der Waals surface area contributed by atoms with Crippen LogP contribution in [-0.4, -0.2) is 29.3 Å². The van der Waals surface area contributed by atoms with Gasteiger partial charge in [0.25, 0.3) is 0 Å². The normalized spacial score (nSPS) is 21.7. The van der Waals surface area contributed by atoms with Gasteiger partial charge in [-0.1, -0.05) is 0 Å². The molecule has 0 amide bonds. The van der Waals surface area contributed by atoms with E-state index in [9.17, 15) is 0 Å². The number of thioether (sulfide) groups is 1. The number of hydrogen-bond donors (Lipinski definition) is 0. The zero-order valence-electron chi connectivity index (χ0n) is 23.3. The Hall–Kier alpha value is -4.29. The van der Waals surface area contributed by atoms with E-state index in [4.69, 9.17) is 23.8 Å². The topological polar surface area (TPSA) is 78.3 Å². The zero-order valence-corrected chi connectivity index (χ0v) is 25.2. The predicted octanol–water partition coefficient (Wildman–Crippen LogP) is 7.53.